The molecule has 2 rings (SSSR count). The normalized spacial score (nSPS) is 10.3. The zero-order valence-corrected chi connectivity index (χ0v) is 12.9. The summed E-state index contributed by atoms with van der Waals surface area (Å²) >= 11 is 0. The monoisotopic (exact) mass is 299 g/mol. The maximum Gasteiger partial charge on any atom is 0.225 e. The molecule has 2 aromatic rings. The summed E-state index contributed by atoms with van der Waals surface area (Å²) in [5.74, 6) is 0.629. The predicted molar refractivity (Wildman–Crippen MR) is 86.9 cm³/mol. The summed E-state index contributed by atoms with van der Waals surface area (Å²) in [7, 11) is 1.59. The third kappa shape index (κ3) is 4.86. The van der Waals surface area contributed by atoms with Crippen molar-refractivity contribution in [1.82, 2.24) is 10.3 Å². The highest BCUT2D eigenvalue weighted by molar-refractivity contribution is 5.92. The van der Waals surface area contributed by atoms with Gasteiger partial charge in [0, 0.05) is 31.9 Å². The molecule has 0 atom stereocenters. The number of pyridine rings is 1. The molecular weight excluding hydrogens is 278 g/mol. The van der Waals surface area contributed by atoms with Crippen LogP contribution in [0.1, 0.15) is 17.5 Å². The fourth-order valence-electron chi connectivity index (χ4n) is 2.07. The van der Waals surface area contributed by atoms with E-state index in [9.17, 15) is 4.79 Å². The maximum absolute atomic E-state index is 12.0. The zero-order chi connectivity index (χ0) is 15.8. The lowest BCUT2D eigenvalue weighted by Crippen LogP contribution is -2.21. The number of carbonyl (C=O) groups excluding carboxylic acids is 1. The van der Waals surface area contributed by atoms with E-state index >= 15 is 0 Å². The lowest BCUT2D eigenvalue weighted by Gasteiger charge is -2.11. The summed E-state index contributed by atoms with van der Waals surface area (Å²) < 4.78 is 5.25. The van der Waals surface area contributed by atoms with Crippen molar-refractivity contribution < 1.29 is 9.53 Å². The molecule has 0 spiro atoms. The fourth-order valence-corrected chi connectivity index (χ4v) is 2.07. The SMILES string of the molecule is COc1ccc(C)cc1NC(=O)CCNCc1cccnc1. The van der Waals surface area contributed by atoms with Crippen molar-refractivity contribution in [1.29, 1.82) is 0 Å². The Balaban J connectivity index is 1.77. The number of amides is 1. The molecule has 22 heavy (non-hydrogen) atoms. The van der Waals surface area contributed by atoms with Crippen molar-refractivity contribution in [2.75, 3.05) is 19.0 Å². The number of hydrogen-bond acceptors (Lipinski definition) is 4. The number of benzene rings is 1. The highest BCUT2D eigenvalue weighted by atomic mass is 16.5. The Morgan fingerprint density at radius 2 is 2.18 bits per heavy atom. The Hall–Kier alpha value is -2.40. The summed E-state index contributed by atoms with van der Waals surface area (Å²) in [5.41, 5.74) is 2.88. The molecule has 0 saturated heterocycles. The van der Waals surface area contributed by atoms with Crippen LogP contribution in [-0.4, -0.2) is 24.5 Å². The van der Waals surface area contributed by atoms with Crippen molar-refractivity contribution in [2.24, 2.45) is 0 Å². The molecule has 116 valence electrons. The van der Waals surface area contributed by atoms with Crippen LogP contribution in [0.4, 0.5) is 5.69 Å². The molecule has 0 unspecified atom stereocenters. The van der Waals surface area contributed by atoms with E-state index in [2.05, 4.69) is 15.6 Å². The first-order valence-corrected chi connectivity index (χ1v) is 7.23. The smallest absolute Gasteiger partial charge is 0.225 e. The van der Waals surface area contributed by atoms with Crippen LogP contribution in [0.25, 0.3) is 0 Å². The Bertz CT molecular complexity index is 615. The lowest BCUT2D eigenvalue weighted by molar-refractivity contribution is -0.116. The molecule has 0 radical (unpaired) electrons. The van der Waals surface area contributed by atoms with Gasteiger partial charge in [0.2, 0.25) is 5.91 Å². The molecule has 1 aromatic heterocycles. The minimum Gasteiger partial charge on any atom is -0.495 e. The molecule has 5 nitrogen and oxygen atoms in total. The summed E-state index contributed by atoms with van der Waals surface area (Å²) in [6, 6.07) is 9.60. The number of nitrogens with one attached hydrogen (secondary N) is 2. The van der Waals surface area contributed by atoms with Gasteiger partial charge in [-0.05, 0) is 36.2 Å². The number of nitrogens with zero attached hydrogens (tertiary/aromatic N) is 1. The average molecular weight is 299 g/mol. The standard InChI is InChI=1S/C17H21N3O2/c1-13-5-6-16(22-2)15(10-13)20-17(21)7-9-19-12-14-4-3-8-18-11-14/h3-6,8,10-11,19H,7,9,12H2,1-2H3,(H,20,21). The van der Waals surface area contributed by atoms with E-state index in [4.69, 9.17) is 4.74 Å². The molecule has 0 bridgehead atoms. The first-order chi connectivity index (χ1) is 10.7. The topological polar surface area (TPSA) is 63.2 Å². The zero-order valence-electron chi connectivity index (χ0n) is 12.9. The van der Waals surface area contributed by atoms with Crippen molar-refractivity contribution in [3.05, 3.63) is 53.9 Å². The fraction of sp³-hybridized carbons (Fsp3) is 0.294. The van der Waals surface area contributed by atoms with E-state index in [0.717, 1.165) is 11.1 Å². The van der Waals surface area contributed by atoms with Crippen LogP contribution >= 0.6 is 0 Å². The molecule has 1 heterocycles. The molecular formula is C17H21N3O2. The second kappa shape index (κ2) is 8.14. The van der Waals surface area contributed by atoms with Crippen LogP contribution < -0.4 is 15.4 Å². The molecule has 0 saturated carbocycles. The highest BCUT2D eigenvalue weighted by Gasteiger charge is 2.07. The van der Waals surface area contributed by atoms with Gasteiger partial charge in [0.1, 0.15) is 5.75 Å². The predicted octanol–water partition coefficient (Wildman–Crippen LogP) is 2.52. The Morgan fingerprint density at radius 1 is 1.32 bits per heavy atom. The second-order valence-corrected chi connectivity index (χ2v) is 5.04. The first kappa shape index (κ1) is 16.0. The van der Waals surface area contributed by atoms with Crippen LogP contribution in [-0.2, 0) is 11.3 Å². The molecule has 0 fully saturated rings. The van der Waals surface area contributed by atoms with Crippen molar-refractivity contribution in [3.8, 4) is 5.75 Å². The molecule has 0 aliphatic rings. The Morgan fingerprint density at radius 3 is 2.91 bits per heavy atom. The van der Waals surface area contributed by atoms with Gasteiger partial charge in [-0.1, -0.05) is 12.1 Å². The minimum absolute atomic E-state index is 0.0393. The van der Waals surface area contributed by atoms with Crippen LogP contribution in [0.3, 0.4) is 0 Å². The van der Waals surface area contributed by atoms with Gasteiger partial charge in [0.05, 0.1) is 12.8 Å². The number of hydrogen-bond donors (Lipinski definition) is 2. The summed E-state index contributed by atoms with van der Waals surface area (Å²) in [6.07, 6.45) is 3.95. The highest BCUT2D eigenvalue weighted by Crippen LogP contribution is 2.25. The molecule has 0 aliphatic heterocycles. The van der Waals surface area contributed by atoms with Crippen LogP contribution in [0, 0.1) is 6.92 Å². The van der Waals surface area contributed by atoms with Crippen molar-refractivity contribution in [3.63, 3.8) is 0 Å². The molecule has 1 aromatic carbocycles. The number of methoxy groups -OCH3 is 1. The van der Waals surface area contributed by atoms with Gasteiger partial charge in [-0.25, -0.2) is 0 Å². The number of ether oxygens (including phenoxy) is 1. The number of carbonyl (C=O) groups is 1. The lowest BCUT2D eigenvalue weighted by atomic mass is 10.2. The van der Waals surface area contributed by atoms with Gasteiger partial charge in [-0.3, -0.25) is 9.78 Å². The largest absolute Gasteiger partial charge is 0.495 e. The number of rotatable bonds is 7. The molecule has 2 N–H and O–H groups in total. The summed E-state index contributed by atoms with van der Waals surface area (Å²) in [5, 5.41) is 6.11. The average Bonchev–Trinajstić information content (AvgIpc) is 2.53. The van der Waals surface area contributed by atoms with Gasteiger partial charge >= 0.3 is 0 Å². The van der Waals surface area contributed by atoms with Crippen LogP contribution in [0.15, 0.2) is 42.7 Å². The third-order valence-electron chi connectivity index (χ3n) is 3.21. The van der Waals surface area contributed by atoms with Gasteiger partial charge in [0.25, 0.3) is 0 Å². The third-order valence-corrected chi connectivity index (χ3v) is 3.21. The molecule has 5 heteroatoms. The number of aromatic nitrogens is 1. The van der Waals surface area contributed by atoms with Crippen LogP contribution in [0.2, 0.25) is 0 Å². The van der Waals surface area contributed by atoms with Crippen molar-refractivity contribution >= 4 is 11.6 Å². The van der Waals surface area contributed by atoms with E-state index in [1.807, 2.05) is 43.5 Å². The van der Waals surface area contributed by atoms with E-state index in [1.54, 1.807) is 13.3 Å². The van der Waals surface area contributed by atoms with Gasteiger partial charge in [0.15, 0.2) is 0 Å². The quantitative estimate of drug-likeness (QED) is 0.771. The Kier molecular flexibility index (Phi) is 5.91. The minimum atomic E-state index is -0.0393. The van der Waals surface area contributed by atoms with E-state index in [0.29, 0.717) is 30.9 Å². The van der Waals surface area contributed by atoms with Gasteiger partial charge in [-0.2, -0.15) is 0 Å². The second-order valence-electron chi connectivity index (χ2n) is 5.04. The van der Waals surface area contributed by atoms with E-state index in [1.165, 1.54) is 0 Å². The van der Waals surface area contributed by atoms with Gasteiger partial charge < -0.3 is 15.4 Å². The first-order valence-electron chi connectivity index (χ1n) is 7.23. The number of aryl methyl sites for hydroxylation is 1. The number of anilines is 1. The van der Waals surface area contributed by atoms with Crippen LogP contribution in [0.5, 0.6) is 5.75 Å². The summed E-state index contributed by atoms with van der Waals surface area (Å²) in [6.45, 7) is 3.29. The van der Waals surface area contributed by atoms with Gasteiger partial charge in [-0.15, -0.1) is 0 Å². The van der Waals surface area contributed by atoms with E-state index < -0.39 is 0 Å². The molecule has 1 amide bonds. The van der Waals surface area contributed by atoms with E-state index in [-0.39, 0.29) is 5.91 Å². The summed E-state index contributed by atoms with van der Waals surface area (Å²) in [4.78, 5) is 16.0. The molecule has 0 aliphatic carbocycles. The van der Waals surface area contributed by atoms with Crippen molar-refractivity contribution in [2.45, 2.75) is 19.9 Å². The maximum atomic E-state index is 12.0. The Labute approximate surface area is 130 Å².